The van der Waals surface area contributed by atoms with Gasteiger partial charge in [-0.1, -0.05) is 0 Å². The van der Waals surface area contributed by atoms with Crippen LogP contribution in [0.25, 0.3) is 0 Å². The Morgan fingerprint density at radius 1 is 1.14 bits per heavy atom. The highest BCUT2D eigenvalue weighted by atomic mass is 35.5. The summed E-state index contributed by atoms with van der Waals surface area (Å²) >= 11 is 0. The first-order valence-electron chi connectivity index (χ1n) is 6.30. The minimum absolute atomic E-state index is 0. The second-order valence-corrected chi connectivity index (χ2v) is 6.55. The van der Waals surface area contributed by atoms with E-state index in [0.717, 1.165) is 10.4 Å². The Labute approximate surface area is 132 Å². The normalized spacial score (nSPS) is 17.6. The van der Waals surface area contributed by atoms with Crippen LogP contribution in [-0.2, 0) is 16.2 Å². The number of hydrogen-bond donors (Lipinski definition) is 1. The Morgan fingerprint density at radius 2 is 1.82 bits per heavy atom. The van der Waals surface area contributed by atoms with Crippen LogP contribution in [-0.4, -0.2) is 38.9 Å². The van der Waals surface area contributed by atoms with Crippen LogP contribution >= 0.6 is 12.4 Å². The SMILES string of the molecule is Cl.O=S(=O)(c1ccc(F)cc1C(F)(F)F)N1CCCNCC1. The van der Waals surface area contributed by atoms with E-state index in [2.05, 4.69) is 5.32 Å². The molecule has 1 N–H and O–H groups in total. The van der Waals surface area contributed by atoms with Gasteiger partial charge in [-0.3, -0.25) is 0 Å². The maximum atomic E-state index is 13.1. The van der Waals surface area contributed by atoms with Crippen molar-refractivity contribution >= 4 is 22.4 Å². The second kappa shape index (κ2) is 7.12. The fourth-order valence-electron chi connectivity index (χ4n) is 2.15. The molecule has 2 rings (SSSR count). The Bertz CT molecular complexity index is 614. The summed E-state index contributed by atoms with van der Waals surface area (Å²) in [7, 11) is -4.31. The number of hydrogen-bond acceptors (Lipinski definition) is 3. The summed E-state index contributed by atoms with van der Waals surface area (Å²) in [5.74, 6) is -1.13. The number of nitrogens with one attached hydrogen (secondary N) is 1. The average Bonchev–Trinajstić information content (AvgIpc) is 2.66. The van der Waals surface area contributed by atoms with Crippen LogP contribution in [0.5, 0.6) is 0 Å². The molecule has 0 amide bonds. The number of nitrogens with zero attached hydrogens (tertiary/aromatic N) is 1. The summed E-state index contributed by atoms with van der Waals surface area (Å²) in [6, 6.07) is 1.60. The summed E-state index contributed by atoms with van der Waals surface area (Å²) in [5, 5.41) is 2.97. The predicted molar refractivity (Wildman–Crippen MR) is 74.9 cm³/mol. The van der Waals surface area contributed by atoms with Crippen LogP contribution in [0.4, 0.5) is 17.6 Å². The Balaban J connectivity index is 0.00000242. The highest BCUT2D eigenvalue weighted by molar-refractivity contribution is 7.89. The molecule has 1 aliphatic rings. The first-order valence-corrected chi connectivity index (χ1v) is 7.74. The van der Waals surface area contributed by atoms with Gasteiger partial charge < -0.3 is 5.32 Å². The van der Waals surface area contributed by atoms with Crippen LogP contribution < -0.4 is 5.32 Å². The molecule has 1 aliphatic heterocycles. The van der Waals surface area contributed by atoms with Crippen LogP contribution in [0.1, 0.15) is 12.0 Å². The fraction of sp³-hybridized carbons (Fsp3) is 0.500. The smallest absolute Gasteiger partial charge is 0.315 e. The van der Waals surface area contributed by atoms with E-state index in [1.165, 1.54) is 0 Å². The minimum Gasteiger partial charge on any atom is -0.315 e. The fourth-order valence-corrected chi connectivity index (χ4v) is 3.82. The van der Waals surface area contributed by atoms with Gasteiger partial charge >= 0.3 is 6.18 Å². The topological polar surface area (TPSA) is 49.4 Å². The molecule has 1 fully saturated rings. The molecular formula is C12H15ClF4N2O2S. The molecule has 1 saturated heterocycles. The lowest BCUT2D eigenvalue weighted by Gasteiger charge is -2.22. The average molecular weight is 363 g/mol. The van der Waals surface area contributed by atoms with Crippen LogP contribution in [0.3, 0.4) is 0 Å². The van der Waals surface area contributed by atoms with Crippen molar-refractivity contribution < 1.29 is 26.0 Å². The molecule has 1 aromatic rings. The van der Waals surface area contributed by atoms with E-state index in [1.54, 1.807) is 0 Å². The van der Waals surface area contributed by atoms with Crippen molar-refractivity contribution in [3.63, 3.8) is 0 Å². The summed E-state index contributed by atoms with van der Waals surface area (Å²) in [5.41, 5.74) is -1.47. The first-order chi connectivity index (χ1) is 9.73. The molecular weight excluding hydrogens is 348 g/mol. The summed E-state index contributed by atoms with van der Waals surface area (Å²) in [6.45, 7) is 1.17. The van der Waals surface area contributed by atoms with Gasteiger partial charge in [0.15, 0.2) is 0 Å². The zero-order valence-corrected chi connectivity index (χ0v) is 13.0. The third-order valence-electron chi connectivity index (χ3n) is 3.16. The van der Waals surface area contributed by atoms with Gasteiger partial charge in [-0.25, -0.2) is 12.8 Å². The van der Waals surface area contributed by atoms with Crippen LogP contribution in [0.15, 0.2) is 23.1 Å². The van der Waals surface area contributed by atoms with E-state index in [-0.39, 0.29) is 31.6 Å². The van der Waals surface area contributed by atoms with Gasteiger partial charge in [0.2, 0.25) is 10.0 Å². The zero-order valence-electron chi connectivity index (χ0n) is 11.4. The largest absolute Gasteiger partial charge is 0.417 e. The summed E-state index contributed by atoms with van der Waals surface area (Å²) in [4.78, 5) is -0.904. The molecule has 0 atom stereocenters. The van der Waals surface area contributed by atoms with Crippen LogP contribution in [0, 0.1) is 5.82 Å². The summed E-state index contributed by atoms with van der Waals surface area (Å²) < 4.78 is 77.7. The maximum absolute atomic E-state index is 13.1. The molecule has 0 spiro atoms. The lowest BCUT2D eigenvalue weighted by atomic mass is 10.2. The molecule has 22 heavy (non-hydrogen) atoms. The molecule has 10 heteroatoms. The van der Waals surface area contributed by atoms with Gasteiger partial charge in [0.05, 0.1) is 10.5 Å². The highest BCUT2D eigenvalue weighted by Crippen LogP contribution is 2.35. The van der Waals surface area contributed by atoms with Gasteiger partial charge in [0, 0.05) is 19.6 Å². The maximum Gasteiger partial charge on any atom is 0.417 e. The molecule has 126 valence electrons. The zero-order chi connectivity index (χ0) is 15.7. The Morgan fingerprint density at radius 3 is 2.45 bits per heavy atom. The number of sulfonamides is 1. The van der Waals surface area contributed by atoms with Crippen molar-refractivity contribution in [1.29, 1.82) is 0 Å². The van der Waals surface area contributed by atoms with Crippen molar-refractivity contribution in [2.24, 2.45) is 0 Å². The molecule has 0 aromatic heterocycles. The van der Waals surface area contributed by atoms with Crippen molar-refractivity contribution in [2.75, 3.05) is 26.2 Å². The highest BCUT2D eigenvalue weighted by Gasteiger charge is 2.39. The number of halogens is 5. The van der Waals surface area contributed by atoms with E-state index in [9.17, 15) is 26.0 Å². The number of benzene rings is 1. The Kier molecular flexibility index (Phi) is 6.19. The number of alkyl halides is 3. The minimum atomic E-state index is -4.94. The van der Waals surface area contributed by atoms with E-state index in [0.29, 0.717) is 25.6 Å². The lowest BCUT2D eigenvalue weighted by Crippen LogP contribution is -2.35. The third-order valence-corrected chi connectivity index (χ3v) is 5.12. The van der Waals surface area contributed by atoms with Crippen LogP contribution in [0.2, 0.25) is 0 Å². The van der Waals surface area contributed by atoms with E-state index < -0.39 is 32.5 Å². The number of rotatable bonds is 2. The van der Waals surface area contributed by atoms with Crippen molar-refractivity contribution in [1.82, 2.24) is 9.62 Å². The molecule has 0 bridgehead atoms. The standard InChI is InChI=1S/C12H14F4N2O2S.ClH/c13-9-2-3-11(10(8-9)12(14,15)16)21(19,20)18-6-1-4-17-5-7-18;/h2-3,8,17H,1,4-7H2;1H. The second-order valence-electron chi connectivity index (χ2n) is 4.65. The molecule has 0 unspecified atom stereocenters. The molecule has 0 aliphatic carbocycles. The van der Waals surface area contributed by atoms with Gasteiger partial charge in [0.1, 0.15) is 5.82 Å². The Hall–Kier alpha value is -0.900. The monoisotopic (exact) mass is 362 g/mol. The molecule has 1 heterocycles. The summed E-state index contributed by atoms with van der Waals surface area (Å²) in [6.07, 6.45) is -4.43. The van der Waals surface area contributed by atoms with E-state index in [1.807, 2.05) is 0 Å². The molecule has 1 aromatic carbocycles. The first kappa shape index (κ1) is 19.1. The van der Waals surface area contributed by atoms with Crippen molar-refractivity contribution in [3.05, 3.63) is 29.6 Å². The lowest BCUT2D eigenvalue weighted by molar-refractivity contribution is -0.140. The van der Waals surface area contributed by atoms with Gasteiger partial charge in [-0.15, -0.1) is 12.4 Å². The molecule has 4 nitrogen and oxygen atoms in total. The van der Waals surface area contributed by atoms with E-state index >= 15 is 0 Å². The van der Waals surface area contributed by atoms with Gasteiger partial charge in [-0.2, -0.15) is 17.5 Å². The molecule has 0 radical (unpaired) electrons. The van der Waals surface area contributed by atoms with Gasteiger partial charge in [-0.05, 0) is 31.2 Å². The quantitative estimate of drug-likeness (QED) is 0.821. The van der Waals surface area contributed by atoms with E-state index in [4.69, 9.17) is 0 Å². The predicted octanol–water partition coefficient (Wildman–Crippen LogP) is 2.25. The third kappa shape index (κ3) is 4.09. The van der Waals surface area contributed by atoms with Crippen molar-refractivity contribution in [3.8, 4) is 0 Å². The molecule has 0 saturated carbocycles. The van der Waals surface area contributed by atoms with Crippen molar-refractivity contribution in [2.45, 2.75) is 17.5 Å². The van der Waals surface area contributed by atoms with Gasteiger partial charge in [0.25, 0.3) is 0 Å².